The molecule has 0 atom stereocenters. The molecule has 0 bridgehead atoms. The maximum atomic E-state index is 3.71. The van der Waals surface area contributed by atoms with E-state index < -0.39 is 0 Å². The van der Waals surface area contributed by atoms with Crippen molar-refractivity contribution in [2.75, 3.05) is 0 Å². The third-order valence-electron chi connectivity index (χ3n) is 1.24. The monoisotopic (exact) mass is 198 g/mol. The molecule has 0 saturated carbocycles. The molecule has 1 aromatic rings. The Bertz CT molecular complexity index is 211. The summed E-state index contributed by atoms with van der Waals surface area (Å²) in [5.74, 6) is 0. The first-order valence-electron chi connectivity index (χ1n) is 3.17. The molecule has 0 aliphatic carbocycles. The molecule has 1 rings (SSSR count). The fourth-order valence-corrected chi connectivity index (χ4v) is 1.73. The molecule has 0 amide bonds. The van der Waals surface area contributed by atoms with Crippen molar-refractivity contribution in [1.29, 1.82) is 0 Å². The van der Waals surface area contributed by atoms with Crippen LogP contribution in [-0.4, -0.2) is 15.0 Å². The molecule has 10 heavy (non-hydrogen) atoms. The fraction of sp³-hybridized carbons (Fsp3) is 0.111. The maximum absolute atomic E-state index is 3.71. The number of aryl methyl sites for hydroxylation is 1. The summed E-state index contributed by atoms with van der Waals surface area (Å²) >= 11 is 0.466. The van der Waals surface area contributed by atoms with Crippen LogP contribution < -0.4 is 4.46 Å². The summed E-state index contributed by atoms with van der Waals surface area (Å²) in [7, 11) is 0. The second kappa shape index (κ2) is 3.60. The van der Waals surface area contributed by atoms with Crippen LogP contribution >= 0.6 is 0 Å². The van der Waals surface area contributed by atoms with Gasteiger partial charge >= 0.3 is 67.7 Å². The number of hydrogen-bond acceptors (Lipinski definition) is 0. The summed E-state index contributed by atoms with van der Waals surface area (Å²) in [4.78, 5) is 1.98. The van der Waals surface area contributed by atoms with Crippen LogP contribution in [-0.2, 0) is 0 Å². The predicted octanol–water partition coefficient (Wildman–Crippen LogP) is 1.47. The molecule has 0 nitrogen and oxygen atoms in total. The van der Waals surface area contributed by atoms with Gasteiger partial charge in [0.25, 0.3) is 0 Å². The van der Waals surface area contributed by atoms with Gasteiger partial charge in [-0.1, -0.05) is 0 Å². The SMILES string of the molecule is C=C[Se]c1ccc(C)cc1. The zero-order valence-electron chi connectivity index (χ0n) is 6.00. The summed E-state index contributed by atoms with van der Waals surface area (Å²) in [5.41, 5.74) is 1.32. The molecule has 0 radical (unpaired) electrons. The van der Waals surface area contributed by atoms with E-state index in [1.54, 1.807) is 0 Å². The van der Waals surface area contributed by atoms with Crippen molar-refractivity contribution in [3.05, 3.63) is 41.4 Å². The molecule has 0 heterocycles. The minimum atomic E-state index is 0.466. The van der Waals surface area contributed by atoms with E-state index >= 15 is 0 Å². The van der Waals surface area contributed by atoms with Crippen molar-refractivity contribution < 1.29 is 0 Å². The van der Waals surface area contributed by atoms with Crippen LogP contribution in [0, 0.1) is 6.92 Å². The van der Waals surface area contributed by atoms with Gasteiger partial charge in [-0.05, 0) is 0 Å². The first-order valence-corrected chi connectivity index (χ1v) is 5.02. The topological polar surface area (TPSA) is 0 Å². The van der Waals surface area contributed by atoms with Crippen LogP contribution in [0.2, 0.25) is 0 Å². The molecule has 0 N–H and O–H groups in total. The molecular weight excluding hydrogens is 187 g/mol. The van der Waals surface area contributed by atoms with Crippen molar-refractivity contribution in [1.82, 2.24) is 0 Å². The minimum absolute atomic E-state index is 0.466. The molecule has 52 valence electrons. The van der Waals surface area contributed by atoms with E-state index in [1.165, 1.54) is 10.0 Å². The Labute approximate surface area is 68.1 Å². The Hall–Kier alpha value is -0.521. The molecular formula is C9H10Se. The van der Waals surface area contributed by atoms with Gasteiger partial charge in [-0.25, -0.2) is 0 Å². The van der Waals surface area contributed by atoms with Crippen molar-refractivity contribution in [3.8, 4) is 0 Å². The van der Waals surface area contributed by atoms with Gasteiger partial charge in [0.1, 0.15) is 0 Å². The second-order valence-corrected chi connectivity index (χ2v) is 4.28. The average Bonchev–Trinajstić information content (AvgIpc) is 1.95. The third-order valence-corrected chi connectivity index (χ3v) is 2.73. The molecule has 0 saturated heterocycles. The summed E-state index contributed by atoms with van der Waals surface area (Å²) in [6.45, 7) is 5.81. The van der Waals surface area contributed by atoms with E-state index in [0.717, 1.165) is 0 Å². The van der Waals surface area contributed by atoms with Crippen molar-refractivity contribution >= 4 is 19.4 Å². The quantitative estimate of drug-likeness (QED) is 0.630. The molecule has 1 aromatic carbocycles. The first-order chi connectivity index (χ1) is 4.83. The summed E-state index contributed by atoms with van der Waals surface area (Å²) in [6, 6.07) is 8.61. The fourth-order valence-electron chi connectivity index (χ4n) is 0.713. The Morgan fingerprint density at radius 2 is 1.90 bits per heavy atom. The standard InChI is InChI=1S/C9H10Se/c1-3-10-9-6-4-8(2)5-7-9/h3-7H,1H2,2H3. The van der Waals surface area contributed by atoms with Crippen LogP contribution in [0.4, 0.5) is 0 Å². The number of benzene rings is 1. The van der Waals surface area contributed by atoms with Gasteiger partial charge in [-0.3, -0.25) is 0 Å². The van der Waals surface area contributed by atoms with Gasteiger partial charge in [0.05, 0.1) is 0 Å². The Morgan fingerprint density at radius 3 is 2.40 bits per heavy atom. The summed E-state index contributed by atoms with van der Waals surface area (Å²) < 4.78 is 1.40. The average molecular weight is 197 g/mol. The van der Waals surface area contributed by atoms with E-state index in [-0.39, 0.29) is 0 Å². The van der Waals surface area contributed by atoms with Crippen LogP contribution in [0.5, 0.6) is 0 Å². The van der Waals surface area contributed by atoms with Gasteiger partial charge < -0.3 is 0 Å². The molecule has 0 spiro atoms. The first kappa shape index (κ1) is 7.58. The van der Waals surface area contributed by atoms with Crippen molar-refractivity contribution in [2.24, 2.45) is 0 Å². The predicted molar refractivity (Wildman–Crippen MR) is 46.8 cm³/mol. The van der Waals surface area contributed by atoms with Crippen LogP contribution in [0.3, 0.4) is 0 Å². The van der Waals surface area contributed by atoms with E-state index in [9.17, 15) is 0 Å². The Balaban J connectivity index is 2.78. The van der Waals surface area contributed by atoms with E-state index in [0.29, 0.717) is 15.0 Å². The van der Waals surface area contributed by atoms with Gasteiger partial charge in [0, 0.05) is 0 Å². The third kappa shape index (κ3) is 2.02. The van der Waals surface area contributed by atoms with E-state index in [4.69, 9.17) is 0 Å². The van der Waals surface area contributed by atoms with Gasteiger partial charge in [-0.2, -0.15) is 0 Å². The van der Waals surface area contributed by atoms with E-state index in [2.05, 4.69) is 37.8 Å². The zero-order valence-corrected chi connectivity index (χ0v) is 7.72. The van der Waals surface area contributed by atoms with Crippen molar-refractivity contribution in [2.45, 2.75) is 6.92 Å². The Morgan fingerprint density at radius 1 is 1.30 bits per heavy atom. The number of rotatable bonds is 2. The van der Waals surface area contributed by atoms with Crippen LogP contribution in [0.15, 0.2) is 35.8 Å². The molecule has 1 heteroatoms. The van der Waals surface area contributed by atoms with E-state index in [1.807, 2.05) is 4.97 Å². The molecule has 0 aromatic heterocycles. The molecule has 0 fully saturated rings. The normalized spacial score (nSPS) is 9.30. The summed E-state index contributed by atoms with van der Waals surface area (Å²) in [5, 5.41) is 0. The Kier molecular flexibility index (Phi) is 2.73. The van der Waals surface area contributed by atoms with Crippen LogP contribution in [0.25, 0.3) is 0 Å². The second-order valence-electron chi connectivity index (χ2n) is 2.10. The molecule has 0 unspecified atom stereocenters. The number of hydrogen-bond donors (Lipinski definition) is 0. The molecule has 0 aliphatic rings. The van der Waals surface area contributed by atoms with Gasteiger partial charge in [0.2, 0.25) is 0 Å². The molecule has 0 aliphatic heterocycles. The van der Waals surface area contributed by atoms with Gasteiger partial charge in [-0.15, -0.1) is 0 Å². The van der Waals surface area contributed by atoms with Crippen LogP contribution in [0.1, 0.15) is 5.56 Å². The summed E-state index contributed by atoms with van der Waals surface area (Å²) in [6.07, 6.45) is 0. The van der Waals surface area contributed by atoms with Crippen molar-refractivity contribution in [3.63, 3.8) is 0 Å². The zero-order chi connectivity index (χ0) is 7.40. The van der Waals surface area contributed by atoms with Gasteiger partial charge in [0.15, 0.2) is 0 Å².